The van der Waals surface area contributed by atoms with Gasteiger partial charge >= 0.3 is 6.18 Å². The van der Waals surface area contributed by atoms with Crippen LogP contribution in [0.1, 0.15) is 24.8 Å². The van der Waals surface area contributed by atoms with E-state index in [1.165, 1.54) is 0 Å². The van der Waals surface area contributed by atoms with Gasteiger partial charge in [-0.3, -0.25) is 4.79 Å². The van der Waals surface area contributed by atoms with E-state index < -0.39 is 28.8 Å². The quantitative estimate of drug-likeness (QED) is 0.748. The fourth-order valence-corrected chi connectivity index (χ4v) is 2.19. The van der Waals surface area contributed by atoms with E-state index in [9.17, 15) is 23.1 Å². The Kier molecular flexibility index (Phi) is 3.64. The lowest BCUT2D eigenvalue weighted by Gasteiger charge is -2.39. The van der Waals surface area contributed by atoms with E-state index in [2.05, 4.69) is 5.32 Å². The summed E-state index contributed by atoms with van der Waals surface area (Å²) in [7, 11) is 0. The van der Waals surface area contributed by atoms with E-state index in [-0.39, 0.29) is 12.2 Å². The van der Waals surface area contributed by atoms with Gasteiger partial charge in [-0.05, 0) is 31.0 Å². The molecule has 0 unspecified atom stereocenters. The molecule has 2 rings (SSSR count). The fraction of sp³-hybridized carbons (Fsp3) is 0.462. The van der Waals surface area contributed by atoms with Crippen molar-refractivity contribution in [2.24, 2.45) is 11.1 Å². The first-order valence-electron chi connectivity index (χ1n) is 6.20. The number of phenols is 1. The van der Waals surface area contributed by atoms with Gasteiger partial charge in [0, 0.05) is 6.54 Å². The highest BCUT2D eigenvalue weighted by atomic mass is 19.4. The molecule has 4 N–H and O–H groups in total. The Bertz CT molecular complexity index is 519. The second-order valence-corrected chi connectivity index (χ2v) is 5.02. The van der Waals surface area contributed by atoms with Crippen LogP contribution >= 0.6 is 0 Å². The van der Waals surface area contributed by atoms with Gasteiger partial charge in [0.05, 0.1) is 16.7 Å². The number of phenolic OH excluding ortho intramolecular Hbond substituents is 1. The number of alkyl halides is 3. The van der Waals surface area contributed by atoms with Gasteiger partial charge in [0.15, 0.2) is 0 Å². The first-order chi connectivity index (χ1) is 9.28. The number of nitrogens with two attached hydrogens (primary N) is 1. The van der Waals surface area contributed by atoms with Gasteiger partial charge in [-0.15, -0.1) is 0 Å². The summed E-state index contributed by atoms with van der Waals surface area (Å²) in [5, 5.41) is 11.9. The average Bonchev–Trinajstić information content (AvgIpc) is 2.29. The van der Waals surface area contributed by atoms with Crippen LogP contribution in [0.25, 0.3) is 0 Å². The third-order valence-corrected chi connectivity index (χ3v) is 3.76. The third-order valence-electron chi connectivity index (χ3n) is 3.76. The largest absolute Gasteiger partial charge is 0.506 e. The predicted octanol–water partition coefficient (Wildman–Crippen LogP) is 2.48. The first-order valence-corrected chi connectivity index (χ1v) is 6.20. The normalized spacial score (nSPS) is 17.4. The van der Waals surface area contributed by atoms with E-state index in [1.807, 2.05) is 0 Å². The highest BCUT2D eigenvalue weighted by Crippen LogP contribution is 2.42. The zero-order valence-electron chi connectivity index (χ0n) is 10.6. The molecule has 0 aliphatic heterocycles. The van der Waals surface area contributed by atoms with Crippen molar-refractivity contribution in [1.82, 2.24) is 0 Å². The lowest BCUT2D eigenvalue weighted by molar-refractivity contribution is -0.137. The van der Waals surface area contributed by atoms with Gasteiger partial charge in [-0.1, -0.05) is 6.42 Å². The molecule has 0 heterocycles. The van der Waals surface area contributed by atoms with Gasteiger partial charge in [-0.2, -0.15) is 13.2 Å². The number of nitrogens with one attached hydrogen (secondary N) is 1. The highest BCUT2D eigenvalue weighted by Gasteiger charge is 2.43. The van der Waals surface area contributed by atoms with Crippen LogP contribution in [0.4, 0.5) is 18.9 Å². The number of anilines is 1. The summed E-state index contributed by atoms with van der Waals surface area (Å²) in [5.41, 5.74) is 3.66. The Labute approximate surface area is 113 Å². The molecule has 1 aliphatic carbocycles. The van der Waals surface area contributed by atoms with Gasteiger partial charge < -0.3 is 16.2 Å². The maximum absolute atomic E-state index is 12.6. The Morgan fingerprint density at radius 3 is 2.50 bits per heavy atom. The standard InChI is InChI=1S/C13H15F3N2O2/c14-13(15,16)8-2-3-10(19)9(6-8)18-11(20)12(7-17)4-1-5-12/h2-3,6,19H,1,4-5,7,17H2,(H,18,20). The second kappa shape index (κ2) is 4.97. The minimum Gasteiger partial charge on any atom is -0.506 e. The van der Waals surface area contributed by atoms with E-state index in [1.54, 1.807) is 0 Å². The van der Waals surface area contributed by atoms with Crippen molar-refractivity contribution >= 4 is 11.6 Å². The number of aromatic hydroxyl groups is 1. The average molecular weight is 288 g/mol. The van der Waals surface area contributed by atoms with Gasteiger partial charge in [-0.25, -0.2) is 0 Å². The molecule has 1 aromatic rings. The molecule has 0 saturated heterocycles. The zero-order valence-corrected chi connectivity index (χ0v) is 10.6. The van der Waals surface area contributed by atoms with Crippen LogP contribution in [-0.4, -0.2) is 17.6 Å². The van der Waals surface area contributed by atoms with Crippen LogP contribution in [0.15, 0.2) is 18.2 Å². The molecule has 1 aliphatic rings. The summed E-state index contributed by atoms with van der Waals surface area (Å²) < 4.78 is 37.8. The Morgan fingerprint density at radius 2 is 2.05 bits per heavy atom. The SMILES string of the molecule is NCC1(C(=O)Nc2cc(C(F)(F)F)ccc2O)CCC1. The summed E-state index contributed by atoms with van der Waals surface area (Å²) in [6, 6.07) is 2.39. The minimum absolute atomic E-state index is 0.137. The van der Waals surface area contributed by atoms with Crippen LogP contribution in [0.2, 0.25) is 0 Å². The number of benzene rings is 1. The monoisotopic (exact) mass is 288 g/mol. The first kappa shape index (κ1) is 14.6. The topological polar surface area (TPSA) is 75.4 Å². The molecule has 1 amide bonds. The number of hydrogen-bond donors (Lipinski definition) is 3. The Hall–Kier alpha value is -1.76. The van der Waals surface area contributed by atoms with Crippen molar-refractivity contribution in [1.29, 1.82) is 0 Å². The van der Waals surface area contributed by atoms with Crippen molar-refractivity contribution in [3.63, 3.8) is 0 Å². The van der Waals surface area contributed by atoms with Crippen LogP contribution in [0.5, 0.6) is 5.75 Å². The molecule has 110 valence electrons. The van der Waals surface area contributed by atoms with E-state index in [0.29, 0.717) is 12.8 Å². The third kappa shape index (κ3) is 2.58. The van der Waals surface area contributed by atoms with Gasteiger partial charge in [0.1, 0.15) is 5.75 Å². The van der Waals surface area contributed by atoms with E-state index >= 15 is 0 Å². The number of halogens is 3. The number of amides is 1. The molecule has 4 nitrogen and oxygen atoms in total. The van der Waals surface area contributed by atoms with Gasteiger partial charge in [0.25, 0.3) is 0 Å². The van der Waals surface area contributed by atoms with Crippen molar-refractivity contribution in [2.45, 2.75) is 25.4 Å². The highest BCUT2D eigenvalue weighted by molar-refractivity contribution is 5.97. The number of carbonyl (C=O) groups excluding carboxylic acids is 1. The maximum Gasteiger partial charge on any atom is 0.416 e. The number of carbonyl (C=O) groups is 1. The minimum atomic E-state index is -4.53. The Morgan fingerprint density at radius 1 is 1.40 bits per heavy atom. The summed E-state index contributed by atoms with van der Waals surface area (Å²) in [4.78, 5) is 12.1. The lowest BCUT2D eigenvalue weighted by atomic mass is 9.68. The summed E-state index contributed by atoms with van der Waals surface area (Å²) in [6.07, 6.45) is -2.46. The van der Waals surface area contributed by atoms with Crippen LogP contribution in [0, 0.1) is 5.41 Å². The van der Waals surface area contributed by atoms with Crippen LogP contribution in [-0.2, 0) is 11.0 Å². The van der Waals surface area contributed by atoms with Crippen molar-refractivity contribution < 1.29 is 23.1 Å². The molecule has 7 heteroatoms. The smallest absolute Gasteiger partial charge is 0.416 e. The predicted molar refractivity (Wildman–Crippen MR) is 67.1 cm³/mol. The molecular weight excluding hydrogens is 273 g/mol. The van der Waals surface area contributed by atoms with Crippen LogP contribution in [0.3, 0.4) is 0 Å². The van der Waals surface area contributed by atoms with Crippen molar-refractivity contribution in [2.75, 3.05) is 11.9 Å². The number of hydrogen-bond acceptors (Lipinski definition) is 3. The molecule has 0 aromatic heterocycles. The summed E-state index contributed by atoms with van der Waals surface area (Å²) >= 11 is 0. The fourth-order valence-electron chi connectivity index (χ4n) is 2.19. The van der Waals surface area contributed by atoms with E-state index in [4.69, 9.17) is 5.73 Å². The van der Waals surface area contributed by atoms with Crippen molar-refractivity contribution in [3.8, 4) is 5.75 Å². The van der Waals surface area contributed by atoms with Gasteiger partial charge in [0.2, 0.25) is 5.91 Å². The molecule has 0 atom stereocenters. The summed E-state index contributed by atoms with van der Waals surface area (Å²) in [5.74, 6) is -0.848. The summed E-state index contributed by atoms with van der Waals surface area (Å²) in [6.45, 7) is 0.137. The molecular formula is C13H15F3N2O2. The molecule has 0 bridgehead atoms. The molecule has 0 radical (unpaired) electrons. The van der Waals surface area contributed by atoms with Crippen LogP contribution < -0.4 is 11.1 Å². The zero-order chi connectivity index (χ0) is 15.0. The molecule has 1 saturated carbocycles. The molecule has 1 fully saturated rings. The maximum atomic E-state index is 12.6. The Balaban J connectivity index is 2.23. The second-order valence-electron chi connectivity index (χ2n) is 5.02. The lowest BCUT2D eigenvalue weighted by Crippen LogP contribution is -2.47. The molecule has 0 spiro atoms. The van der Waals surface area contributed by atoms with Crippen molar-refractivity contribution in [3.05, 3.63) is 23.8 Å². The molecule has 20 heavy (non-hydrogen) atoms. The van der Waals surface area contributed by atoms with E-state index in [0.717, 1.165) is 24.6 Å². The number of rotatable bonds is 3. The molecule has 1 aromatic carbocycles.